The van der Waals surface area contributed by atoms with Gasteiger partial charge >= 0.3 is 0 Å². The molecule has 2 rings (SSSR count). The second-order valence-corrected chi connectivity index (χ2v) is 4.81. The Labute approximate surface area is 75.4 Å². The van der Waals surface area contributed by atoms with Gasteiger partial charge in [0.1, 0.15) is 0 Å². The van der Waals surface area contributed by atoms with Crippen molar-refractivity contribution in [2.45, 2.75) is 12.8 Å². The van der Waals surface area contributed by atoms with Crippen LogP contribution in [0.2, 0.25) is 0 Å². The zero-order valence-electron chi connectivity index (χ0n) is 5.98. The minimum absolute atomic E-state index is 0.569. The van der Waals surface area contributed by atoms with Crippen LogP contribution in [-0.4, -0.2) is 29.4 Å². The van der Waals surface area contributed by atoms with E-state index in [-0.39, 0.29) is 0 Å². The third kappa shape index (κ3) is 1.19. The van der Waals surface area contributed by atoms with Gasteiger partial charge in [0.15, 0.2) is 0 Å². The highest BCUT2D eigenvalue weighted by atomic mass is 127. The van der Waals surface area contributed by atoms with Gasteiger partial charge in [-0.25, -0.2) is 3.11 Å². The summed E-state index contributed by atoms with van der Waals surface area (Å²) < 4.78 is 7.63. The van der Waals surface area contributed by atoms with Crippen LogP contribution in [0, 0.1) is 5.41 Å². The van der Waals surface area contributed by atoms with Crippen molar-refractivity contribution in [1.82, 2.24) is 3.11 Å². The molecule has 10 heavy (non-hydrogen) atoms. The Bertz CT molecular complexity index is 136. The van der Waals surface area contributed by atoms with Gasteiger partial charge in [0.2, 0.25) is 0 Å². The van der Waals surface area contributed by atoms with Gasteiger partial charge in [0, 0.05) is 41.4 Å². The molecule has 0 unspecified atom stereocenters. The minimum Gasteiger partial charge on any atom is -0.380 e. The van der Waals surface area contributed by atoms with Gasteiger partial charge in [0.25, 0.3) is 0 Å². The molecule has 58 valence electrons. The van der Waals surface area contributed by atoms with Gasteiger partial charge in [-0.3, -0.25) is 0 Å². The first-order valence-electron chi connectivity index (χ1n) is 3.79. The van der Waals surface area contributed by atoms with Crippen molar-refractivity contribution in [3.63, 3.8) is 0 Å². The molecular weight excluding hydrogens is 241 g/mol. The highest BCUT2D eigenvalue weighted by molar-refractivity contribution is 14.1. The van der Waals surface area contributed by atoms with E-state index in [1.165, 1.54) is 25.9 Å². The number of nitrogens with zero attached hydrogens (tertiary/aromatic N) is 1. The minimum atomic E-state index is 0.569. The molecule has 2 heterocycles. The summed E-state index contributed by atoms with van der Waals surface area (Å²) in [5.74, 6) is 0. The predicted molar refractivity (Wildman–Crippen MR) is 48.1 cm³/mol. The summed E-state index contributed by atoms with van der Waals surface area (Å²) in [6.07, 6.45) is 2.73. The molecule has 2 nitrogen and oxygen atoms in total. The highest BCUT2D eigenvalue weighted by Gasteiger charge is 2.41. The van der Waals surface area contributed by atoms with Crippen molar-refractivity contribution in [1.29, 1.82) is 0 Å². The van der Waals surface area contributed by atoms with E-state index >= 15 is 0 Å². The van der Waals surface area contributed by atoms with Crippen molar-refractivity contribution in [2.24, 2.45) is 5.41 Å². The first-order chi connectivity index (χ1) is 4.81. The predicted octanol–water partition coefficient (Wildman–Crippen LogP) is 1.45. The van der Waals surface area contributed by atoms with Crippen molar-refractivity contribution >= 4 is 22.9 Å². The van der Waals surface area contributed by atoms with E-state index in [1.54, 1.807) is 0 Å². The van der Waals surface area contributed by atoms with E-state index in [0.717, 1.165) is 13.2 Å². The molecule has 2 fully saturated rings. The molecule has 2 saturated heterocycles. The lowest BCUT2D eigenvalue weighted by Gasteiger charge is -2.46. The van der Waals surface area contributed by atoms with Crippen LogP contribution in [-0.2, 0) is 4.74 Å². The van der Waals surface area contributed by atoms with Crippen LogP contribution in [0.1, 0.15) is 12.8 Å². The summed E-state index contributed by atoms with van der Waals surface area (Å²) in [5, 5.41) is 0. The Kier molecular flexibility index (Phi) is 1.90. The van der Waals surface area contributed by atoms with Gasteiger partial charge in [-0.05, 0) is 12.8 Å². The van der Waals surface area contributed by atoms with Crippen LogP contribution in [0.5, 0.6) is 0 Å². The maximum absolute atomic E-state index is 5.23. The average molecular weight is 253 g/mol. The second kappa shape index (κ2) is 2.60. The Morgan fingerprint density at radius 2 is 2.20 bits per heavy atom. The number of ether oxygens (including phenoxy) is 1. The molecule has 0 aliphatic carbocycles. The molecular formula is C7H12INO. The Morgan fingerprint density at radius 3 is 2.60 bits per heavy atom. The van der Waals surface area contributed by atoms with Crippen LogP contribution < -0.4 is 0 Å². The molecule has 2 aliphatic rings. The normalized spacial score (nSPS) is 32.1. The summed E-state index contributed by atoms with van der Waals surface area (Å²) in [6.45, 7) is 4.52. The van der Waals surface area contributed by atoms with Crippen molar-refractivity contribution in [3.8, 4) is 0 Å². The molecule has 2 aliphatic heterocycles. The Morgan fingerprint density at radius 1 is 1.40 bits per heavy atom. The zero-order chi connectivity index (χ0) is 7.03. The molecule has 0 bridgehead atoms. The quantitative estimate of drug-likeness (QED) is 0.478. The largest absolute Gasteiger partial charge is 0.380 e. The third-order valence-corrected chi connectivity index (χ3v) is 3.25. The number of piperidine rings is 1. The summed E-state index contributed by atoms with van der Waals surface area (Å²) in [5.41, 5.74) is 0.569. The molecule has 0 N–H and O–H groups in total. The molecule has 0 saturated carbocycles. The van der Waals surface area contributed by atoms with Gasteiger partial charge in [-0.2, -0.15) is 0 Å². The summed E-state index contributed by atoms with van der Waals surface area (Å²) in [6, 6.07) is 0. The fourth-order valence-electron chi connectivity index (χ4n) is 1.77. The molecule has 1 spiro atoms. The fourth-order valence-corrected chi connectivity index (χ4v) is 2.84. The van der Waals surface area contributed by atoms with E-state index in [4.69, 9.17) is 4.74 Å². The highest BCUT2D eigenvalue weighted by Crippen LogP contribution is 2.37. The maximum atomic E-state index is 5.23. The van der Waals surface area contributed by atoms with Crippen LogP contribution in [0.25, 0.3) is 0 Å². The average Bonchev–Trinajstić information content (AvgIpc) is 1.85. The molecule has 0 amide bonds. The van der Waals surface area contributed by atoms with Gasteiger partial charge in [-0.15, -0.1) is 0 Å². The monoisotopic (exact) mass is 253 g/mol. The number of rotatable bonds is 0. The van der Waals surface area contributed by atoms with E-state index in [0.29, 0.717) is 5.41 Å². The van der Waals surface area contributed by atoms with E-state index in [1.807, 2.05) is 0 Å². The maximum Gasteiger partial charge on any atom is 0.0557 e. The summed E-state index contributed by atoms with van der Waals surface area (Å²) in [7, 11) is 0. The summed E-state index contributed by atoms with van der Waals surface area (Å²) in [4.78, 5) is 0. The van der Waals surface area contributed by atoms with Gasteiger partial charge in [-0.1, -0.05) is 0 Å². The van der Waals surface area contributed by atoms with Gasteiger partial charge < -0.3 is 4.74 Å². The molecule has 0 radical (unpaired) electrons. The number of hydrogen-bond donors (Lipinski definition) is 0. The lowest BCUT2D eigenvalue weighted by Crippen LogP contribution is -2.51. The molecule has 0 atom stereocenters. The van der Waals surface area contributed by atoms with Crippen LogP contribution >= 0.6 is 22.9 Å². The Balaban J connectivity index is 1.96. The molecule has 0 aromatic carbocycles. The van der Waals surface area contributed by atoms with Crippen LogP contribution in [0.15, 0.2) is 0 Å². The standard InChI is InChI=1S/C7H12INO/c8-9-3-1-2-7(4-9)5-10-6-7/h1-6H2. The van der Waals surface area contributed by atoms with Crippen LogP contribution in [0.4, 0.5) is 0 Å². The molecule has 0 aromatic heterocycles. The third-order valence-electron chi connectivity index (χ3n) is 2.43. The SMILES string of the molecule is IN1CCCC2(COC2)C1. The number of halogens is 1. The van der Waals surface area contributed by atoms with Crippen LogP contribution in [0.3, 0.4) is 0 Å². The first kappa shape index (κ1) is 7.31. The molecule has 3 heteroatoms. The zero-order valence-corrected chi connectivity index (χ0v) is 8.13. The van der Waals surface area contributed by atoms with Gasteiger partial charge in [0.05, 0.1) is 13.2 Å². The van der Waals surface area contributed by atoms with Crippen molar-refractivity contribution in [3.05, 3.63) is 0 Å². The first-order valence-corrected chi connectivity index (χ1v) is 4.76. The van der Waals surface area contributed by atoms with E-state index < -0.39 is 0 Å². The van der Waals surface area contributed by atoms with Crippen molar-refractivity contribution in [2.75, 3.05) is 26.3 Å². The second-order valence-electron chi connectivity index (χ2n) is 3.44. The molecule has 0 aromatic rings. The lowest BCUT2D eigenvalue weighted by molar-refractivity contribution is -0.130. The van der Waals surface area contributed by atoms with Crippen molar-refractivity contribution < 1.29 is 4.74 Å². The smallest absolute Gasteiger partial charge is 0.0557 e. The summed E-state index contributed by atoms with van der Waals surface area (Å²) >= 11 is 2.42. The van der Waals surface area contributed by atoms with E-state index in [9.17, 15) is 0 Å². The van der Waals surface area contributed by atoms with E-state index in [2.05, 4.69) is 26.0 Å². The Hall–Kier alpha value is 0.650. The topological polar surface area (TPSA) is 12.5 Å². The fraction of sp³-hybridized carbons (Fsp3) is 1.00. The lowest BCUT2D eigenvalue weighted by atomic mass is 9.79. The number of hydrogen-bond acceptors (Lipinski definition) is 2.